The van der Waals surface area contributed by atoms with Gasteiger partial charge in [-0.2, -0.15) is 0 Å². The summed E-state index contributed by atoms with van der Waals surface area (Å²) in [5.74, 6) is 0. The van der Waals surface area contributed by atoms with Crippen molar-refractivity contribution in [1.82, 2.24) is 0 Å². The molecule has 2 heteroatoms. The molecule has 44 heavy (non-hydrogen) atoms. The maximum Gasteiger partial charge on any atom is 0.136 e. The molecule has 2 heterocycles. The molecule has 7 rings (SSSR count). The van der Waals surface area contributed by atoms with Crippen LogP contribution in [-0.2, 0) is 12.8 Å². The molecule has 0 spiro atoms. The third-order valence-corrected chi connectivity index (χ3v) is 9.85. The van der Waals surface area contributed by atoms with Crippen LogP contribution < -0.4 is 0 Å². The van der Waals surface area contributed by atoms with E-state index in [0.29, 0.717) is 0 Å². The molecule has 0 aliphatic carbocycles. The maximum atomic E-state index is 6.67. The maximum absolute atomic E-state index is 6.67. The molecule has 226 valence electrons. The fourth-order valence-corrected chi connectivity index (χ4v) is 7.52. The fourth-order valence-electron chi connectivity index (χ4n) is 7.52. The van der Waals surface area contributed by atoms with Crippen LogP contribution in [0.5, 0.6) is 0 Å². The van der Waals surface area contributed by atoms with Gasteiger partial charge in [-0.1, -0.05) is 127 Å². The summed E-state index contributed by atoms with van der Waals surface area (Å²) in [6, 6.07) is 26.9. The molecule has 0 N–H and O–H groups in total. The van der Waals surface area contributed by atoms with Crippen LogP contribution in [0.2, 0.25) is 0 Å². The highest BCUT2D eigenvalue weighted by Gasteiger charge is 2.19. The SMILES string of the molecule is CCCCCCCCc1cc2oc3cc4c(cc3c2c2ccccc12)oc1cc(CCCCCCCC)c2ccccc2c14. The number of furan rings is 2. The lowest BCUT2D eigenvalue weighted by atomic mass is 9.94. The van der Waals surface area contributed by atoms with Crippen LogP contribution in [0.1, 0.15) is 102 Å². The number of benzene rings is 5. The Morgan fingerprint density at radius 1 is 0.386 bits per heavy atom. The average Bonchev–Trinajstić information content (AvgIpc) is 3.60. The molecule has 5 aromatic carbocycles. The van der Waals surface area contributed by atoms with E-state index in [9.17, 15) is 0 Å². The summed E-state index contributed by atoms with van der Waals surface area (Å²) in [5, 5.41) is 9.98. The van der Waals surface area contributed by atoms with Gasteiger partial charge in [0, 0.05) is 21.5 Å². The van der Waals surface area contributed by atoms with Crippen molar-refractivity contribution in [3.05, 3.63) is 83.9 Å². The molecular weight excluding hydrogens is 536 g/mol. The second-order valence-corrected chi connectivity index (χ2v) is 13.0. The zero-order valence-corrected chi connectivity index (χ0v) is 26.6. The predicted octanol–water partition coefficient (Wildman–Crippen LogP) is 13.6. The van der Waals surface area contributed by atoms with E-state index in [1.165, 1.54) is 120 Å². The summed E-state index contributed by atoms with van der Waals surface area (Å²) in [6.07, 6.45) is 17.9. The van der Waals surface area contributed by atoms with Gasteiger partial charge in [0.05, 0.1) is 0 Å². The van der Waals surface area contributed by atoms with Gasteiger partial charge in [-0.05, 0) is 82.6 Å². The molecule has 0 atom stereocenters. The molecule has 2 aromatic heterocycles. The minimum atomic E-state index is 0.942. The van der Waals surface area contributed by atoms with Crippen LogP contribution in [0.25, 0.3) is 65.4 Å². The summed E-state index contributed by atoms with van der Waals surface area (Å²) >= 11 is 0. The largest absolute Gasteiger partial charge is 0.456 e. The lowest BCUT2D eigenvalue weighted by Crippen LogP contribution is -1.89. The number of rotatable bonds is 14. The van der Waals surface area contributed by atoms with Gasteiger partial charge >= 0.3 is 0 Å². The lowest BCUT2D eigenvalue weighted by Gasteiger charge is -2.08. The first-order valence-electron chi connectivity index (χ1n) is 17.4. The second kappa shape index (κ2) is 13.1. The van der Waals surface area contributed by atoms with E-state index >= 15 is 0 Å². The minimum Gasteiger partial charge on any atom is -0.456 e. The quantitative estimate of drug-likeness (QED) is 0.119. The predicted molar refractivity (Wildman–Crippen MR) is 190 cm³/mol. The highest BCUT2D eigenvalue weighted by Crippen LogP contribution is 2.43. The van der Waals surface area contributed by atoms with E-state index < -0.39 is 0 Å². The Morgan fingerprint density at radius 2 is 0.773 bits per heavy atom. The first kappa shape index (κ1) is 29.0. The van der Waals surface area contributed by atoms with Crippen LogP contribution in [0, 0.1) is 0 Å². The third kappa shape index (κ3) is 5.49. The van der Waals surface area contributed by atoms with Crippen molar-refractivity contribution in [1.29, 1.82) is 0 Å². The van der Waals surface area contributed by atoms with Gasteiger partial charge in [-0.25, -0.2) is 0 Å². The minimum absolute atomic E-state index is 0.942. The zero-order valence-electron chi connectivity index (χ0n) is 26.6. The van der Waals surface area contributed by atoms with Crippen LogP contribution in [-0.4, -0.2) is 0 Å². The molecule has 0 unspecified atom stereocenters. The molecule has 0 fully saturated rings. The highest BCUT2D eigenvalue weighted by atomic mass is 16.3. The fraction of sp³-hybridized carbons (Fsp3) is 0.381. The van der Waals surface area contributed by atoms with Gasteiger partial charge in [0.25, 0.3) is 0 Å². The Bertz CT molecular complexity index is 1900. The van der Waals surface area contributed by atoms with Crippen LogP contribution in [0.4, 0.5) is 0 Å². The average molecular weight is 583 g/mol. The van der Waals surface area contributed by atoms with Gasteiger partial charge < -0.3 is 8.83 Å². The van der Waals surface area contributed by atoms with Gasteiger partial charge in [0.1, 0.15) is 22.3 Å². The molecule has 7 aromatic rings. The topological polar surface area (TPSA) is 26.3 Å². The highest BCUT2D eigenvalue weighted by molar-refractivity contribution is 6.25. The standard InChI is InChI=1S/C42H46O2/c1-3-5-7-9-11-13-19-29-25-39-41(33-23-17-15-21-31(29)33)35-27-38-36(28-37(35)43-39)42-34-24-18-16-22-32(34)30(26-40(42)44-38)20-14-12-10-8-6-4-2/h15-18,21-28H,3-14,19-20H2,1-2H3. The lowest BCUT2D eigenvalue weighted by molar-refractivity contribution is 0.608. The summed E-state index contributed by atoms with van der Waals surface area (Å²) in [7, 11) is 0. The number of unbranched alkanes of at least 4 members (excludes halogenated alkanes) is 10. The van der Waals surface area contributed by atoms with Gasteiger partial charge in [0.2, 0.25) is 0 Å². The van der Waals surface area contributed by atoms with Crippen molar-refractivity contribution in [3.63, 3.8) is 0 Å². The molecule has 0 bridgehead atoms. The van der Waals surface area contributed by atoms with Crippen molar-refractivity contribution >= 4 is 65.4 Å². The van der Waals surface area contributed by atoms with Crippen LogP contribution in [0.15, 0.2) is 81.6 Å². The number of fused-ring (bicyclic) bond motifs is 10. The normalized spacial score (nSPS) is 12.2. The molecule has 0 aliphatic heterocycles. The first-order chi connectivity index (χ1) is 21.8. The Balaban J connectivity index is 1.29. The Hall–Kier alpha value is -3.78. The summed E-state index contributed by atoms with van der Waals surface area (Å²) in [4.78, 5) is 0. The third-order valence-electron chi connectivity index (χ3n) is 9.85. The number of hydrogen-bond acceptors (Lipinski definition) is 2. The molecule has 0 saturated carbocycles. The molecule has 0 amide bonds. The van der Waals surface area contributed by atoms with E-state index in [2.05, 4.69) is 86.6 Å². The molecule has 0 saturated heterocycles. The smallest absolute Gasteiger partial charge is 0.136 e. The number of hydrogen-bond donors (Lipinski definition) is 0. The number of aryl methyl sites for hydroxylation is 2. The van der Waals surface area contributed by atoms with Crippen molar-refractivity contribution in [2.45, 2.75) is 104 Å². The van der Waals surface area contributed by atoms with Crippen molar-refractivity contribution < 1.29 is 8.83 Å². The Morgan fingerprint density at radius 3 is 1.20 bits per heavy atom. The van der Waals surface area contributed by atoms with Crippen molar-refractivity contribution in [2.75, 3.05) is 0 Å². The summed E-state index contributed by atoms with van der Waals surface area (Å²) < 4.78 is 13.3. The van der Waals surface area contributed by atoms with Crippen molar-refractivity contribution in [2.24, 2.45) is 0 Å². The summed E-state index contributed by atoms with van der Waals surface area (Å²) in [5.41, 5.74) is 6.67. The van der Waals surface area contributed by atoms with Crippen molar-refractivity contribution in [3.8, 4) is 0 Å². The van der Waals surface area contributed by atoms with Gasteiger partial charge in [-0.3, -0.25) is 0 Å². The van der Waals surface area contributed by atoms with Gasteiger partial charge in [0.15, 0.2) is 0 Å². The van der Waals surface area contributed by atoms with Gasteiger partial charge in [-0.15, -0.1) is 0 Å². The summed E-state index contributed by atoms with van der Waals surface area (Å²) in [6.45, 7) is 4.56. The van der Waals surface area contributed by atoms with Crippen LogP contribution >= 0.6 is 0 Å². The Labute approximate surface area is 261 Å². The molecule has 2 nitrogen and oxygen atoms in total. The van der Waals surface area contributed by atoms with E-state index in [1.54, 1.807) is 0 Å². The van der Waals surface area contributed by atoms with E-state index in [1.807, 2.05) is 0 Å². The molecular formula is C42H46O2. The molecule has 0 aliphatic rings. The van der Waals surface area contributed by atoms with E-state index in [4.69, 9.17) is 8.83 Å². The Kier molecular flexibility index (Phi) is 8.60. The zero-order chi connectivity index (χ0) is 29.9. The monoisotopic (exact) mass is 582 g/mol. The second-order valence-electron chi connectivity index (χ2n) is 13.0. The first-order valence-corrected chi connectivity index (χ1v) is 17.4. The van der Waals surface area contributed by atoms with Crippen LogP contribution in [0.3, 0.4) is 0 Å². The van der Waals surface area contributed by atoms with E-state index in [0.717, 1.165) is 45.9 Å². The van der Waals surface area contributed by atoms with E-state index in [-0.39, 0.29) is 0 Å². The molecule has 0 radical (unpaired) electrons.